The molecule has 1 aliphatic heterocycles. The van der Waals surface area contributed by atoms with Gasteiger partial charge in [0.1, 0.15) is 0 Å². The van der Waals surface area contributed by atoms with Crippen LogP contribution in [0.15, 0.2) is 0 Å². The Bertz CT molecular complexity index is 70.9. The van der Waals surface area contributed by atoms with Crippen LogP contribution < -0.4 is 11.1 Å². The molecule has 1 rings (SSSR count). The smallest absolute Gasteiger partial charge is 0.00509 e. The average Bonchev–Trinajstić information content (AvgIpc) is 1.79. The van der Waals surface area contributed by atoms with Crippen LogP contribution in [0.2, 0.25) is 0 Å². The van der Waals surface area contributed by atoms with Gasteiger partial charge in [0.25, 0.3) is 0 Å². The highest BCUT2D eigenvalue weighted by Crippen LogP contribution is 2.03. The molecule has 0 aromatic rings. The Hall–Kier alpha value is 0.210. The maximum atomic E-state index is 5.76. The number of nitrogens with one attached hydrogen (secondary N) is 1. The molecular weight excluding hydrogens is 172 g/mol. The van der Waals surface area contributed by atoms with E-state index in [1.807, 2.05) is 0 Å². The summed E-state index contributed by atoms with van der Waals surface area (Å²) in [4.78, 5) is 0. The second-order valence-electron chi connectivity index (χ2n) is 2.79. The average molecular weight is 197 g/mol. The summed E-state index contributed by atoms with van der Waals surface area (Å²) in [7, 11) is 0. The molecule has 12 heavy (non-hydrogen) atoms. The van der Waals surface area contributed by atoms with Gasteiger partial charge in [-0.15, -0.1) is 12.4 Å². The van der Waals surface area contributed by atoms with E-state index in [-0.39, 0.29) is 27.3 Å². The molecule has 0 amide bonds. The Balaban J connectivity index is -0.000000270. The molecule has 0 radical (unpaired) electrons. The second-order valence-corrected chi connectivity index (χ2v) is 2.79. The van der Waals surface area contributed by atoms with E-state index in [4.69, 9.17) is 5.73 Å². The van der Waals surface area contributed by atoms with E-state index in [1.165, 1.54) is 25.8 Å². The fourth-order valence-corrected chi connectivity index (χ4v) is 1.21. The van der Waals surface area contributed by atoms with Crippen LogP contribution in [0.5, 0.6) is 0 Å². The molecule has 0 bridgehead atoms. The number of hydrogen-bond acceptors (Lipinski definition) is 2. The van der Waals surface area contributed by atoms with Crippen molar-refractivity contribution in [2.24, 2.45) is 5.73 Å². The third-order valence-corrected chi connectivity index (χ3v) is 1.87. The minimum Gasteiger partial charge on any atom is -0.328 e. The van der Waals surface area contributed by atoms with Crippen molar-refractivity contribution in [2.75, 3.05) is 13.1 Å². The van der Waals surface area contributed by atoms with Crippen molar-refractivity contribution in [3.8, 4) is 0 Å². The molecule has 2 nitrogen and oxygen atoms in total. The molecule has 0 aromatic heterocycles. The van der Waals surface area contributed by atoms with Crippen molar-refractivity contribution in [3.63, 3.8) is 0 Å². The van der Waals surface area contributed by atoms with E-state index in [0.717, 1.165) is 13.0 Å². The van der Waals surface area contributed by atoms with Gasteiger partial charge in [0.05, 0.1) is 0 Å². The normalized spacial score (nSPS) is 23.2. The van der Waals surface area contributed by atoms with Gasteiger partial charge >= 0.3 is 0 Å². The van der Waals surface area contributed by atoms with Crippen LogP contribution in [0.25, 0.3) is 0 Å². The minimum absolute atomic E-state index is 0. The fourth-order valence-electron chi connectivity index (χ4n) is 1.21. The van der Waals surface area contributed by atoms with Gasteiger partial charge in [-0.25, -0.2) is 0 Å². The Morgan fingerprint density at radius 1 is 1.00 bits per heavy atom. The van der Waals surface area contributed by atoms with Gasteiger partial charge in [-0.1, -0.05) is 21.3 Å². The minimum atomic E-state index is 0. The zero-order valence-electron chi connectivity index (χ0n) is 6.31. The first-order valence-corrected chi connectivity index (χ1v) is 3.86. The monoisotopic (exact) mass is 196 g/mol. The molecule has 1 atom stereocenters. The largest absolute Gasteiger partial charge is 0.328 e. The summed E-state index contributed by atoms with van der Waals surface area (Å²) in [5.41, 5.74) is 5.76. The molecule has 0 aromatic carbocycles. The zero-order valence-corrected chi connectivity index (χ0v) is 7.12. The lowest BCUT2D eigenvalue weighted by Crippen LogP contribution is -2.29. The lowest BCUT2D eigenvalue weighted by molar-refractivity contribution is 0.465. The Labute approximate surface area is 83.7 Å². The number of hydrogen-bond donors (Lipinski definition) is 2. The molecule has 0 saturated carbocycles. The maximum absolute atomic E-state index is 5.76. The molecule has 1 fully saturated rings. The summed E-state index contributed by atoms with van der Waals surface area (Å²) in [5, 5.41) is 3.34. The van der Waals surface area contributed by atoms with E-state index in [0.29, 0.717) is 6.04 Å². The van der Waals surface area contributed by atoms with Crippen LogP contribution in [-0.2, 0) is 0 Å². The van der Waals surface area contributed by atoms with Crippen molar-refractivity contribution in [3.05, 3.63) is 0 Å². The summed E-state index contributed by atoms with van der Waals surface area (Å²) < 4.78 is 0. The third-order valence-electron chi connectivity index (χ3n) is 1.87. The molecule has 1 aliphatic rings. The van der Waals surface area contributed by atoms with Gasteiger partial charge in [-0.05, 0) is 32.4 Å². The first-order valence-electron chi connectivity index (χ1n) is 3.86. The summed E-state index contributed by atoms with van der Waals surface area (Å²) in [6.07, 6.45) is 4.98. The van der Waals surface area contributed by atoms with Gasteiger partial charge in [-0.3, -0.25) is 0 Å². The molecule has 0 aliphatic carbocycles. The van der Waals surface area contributed by atoms with Crippen LogP contribution in [0.3, 0.4) is 0 Å². The standard InChI is InChI=1S/C7H16N2.2CH4.ClH/c8-7-3-1-2-5-9-6-4-7;;;/h7,9H,1-6,8H2;2*1H4;1H/t7-;;;/m0.../s1. The zero-order chi connectivity index (χ0) is 6.53. The highest BCUT2D eigenvalue weighted by Gasteiger charge is 2.03. The van der Waals surface area contributed by atoms with Crippen LogP contribution in [0.1, 0.15) is 40.5 Å². The van der Waals surface area contributed by atoms with E-state index in [2.05, 4.69) is 5.32 Å². The van der Waals surface area contributed by atoms with Crippen molar-refractivity contribution >= 4 is 12.4 Å². The highest BCUT2D eigenvalue weighted by molar-refractivity contribution is 5.85. The predicted molar refractivity (Wildman–Crippen MR) is 60.0 cm³/mol. The topological polar surface area (TPSA) is 38.0 Å². The Morgan fingerprint density at radius 3 is 2.33 bits per heavy atom. The molecule has 3 N–H and O–H groups in total. The molecule has 78 valence electrons. The van der Waals surface area contributed by atoms with E-state index in [9.17, 15) is 0 Å². The molecular formula is C9H25ClN2. The van der Waals surface area contributed by atoms with Gasteiger partial charge < -0.3 is 11.1 Å². The van der Waals surface area contributed by atoms with Crippen LogP contribution in [0, 0.1) is 0 Å². The predicted octanol–water partition coefficient (Wildman–Crippen LogP) is 2.17. The summed E-state index contributed by atoms with van der Waals surface area (Å²) in [6.45, 7) is 2.30. The first-order chi connectivity index (χ1) is 4.39. The number of halogens is 1. The first kappa shape index (κ1) is 18.1. The van der Waals surface area contributed by atoms with E-state index in [1.54, 1.807) is 0 Å². The highest BCUT2D eigenvalue weighted by atomic mass is 35.5. The van der Waals surface area contributed by atoms with Crippen LogP contribution >= 0.6 is 12.4 Å². The Kier molecular flexibility index (Phi) is 16.9. The molecule has 1 heterocycles. The number of rotatable bonds is 0. The fraction of sp³-hybridized carbons (Fsp3) is 1.00. The van der Waals surface area contributed by atoms with E-state index < -0.39 is 0 Å². The molecule has 0 unspecified atom stereocenters. The molecule has 1 saturated heterocycles. The SMILES string of the molecule is C.C.Cl.N[C@H]1CCCCNCC1. The van der Waals surface area contributed by atoms with Gasteiger partial charge in [0.15, 0.2) is 0 Å². The van der Waals surface area contributed by atoms with Crippen molar-refractivity contribution in [1.82, 2.24) is 5.32 Å². The van der Waals surface area contributed by atoms with Crippen molar-refractivity contribution in [2.45, 2.75) is 46.6 Å². The van der Waals surface area contributed by atoms with Crippen molar-refractivity contribution < 1.29 is 0 Å². The maximum Gasteiger partial charge on any atom is 0.00509 e. The summed E-state index contributed by atoms with van der Waals surface area (Å²) >= 11 is 0. The van der Waals surface area contributed by atoms with Crippen LogP contribution in [0.4, 0.5) is 0 Å². The van der Waals surface area contributed by atoms with Gasteiger partial charge in [-0.2, -0.15) is 0 Å². The van der Waals surface area contributed by atoms with Crippen LogP contribution in [-0.4, -0.2) is 19.1 Å². The van der Waals surface area contributed by atoms with Gasteiger partial charge in [0.2, 0.25) is 0 Å². The number of nitrogens with two attached hydrogens (primary N) is 1. The second kappa shape index (κ2) is 11.2. The van der Waals surface area contributed by atoms with E-state index >= 15 is 0 Å². The lowest BCUT2D eigenvalue weighted by Gasteiger charge is -2.15. The lowest BCUT2D eigenvalue weighted by atomic mass is 10.1. The molecule has 0 spiro atoms. The summed E-state index contributed by atoms with van der Waals surface area (Å²) in [6, 6.07) is 0.456. The van der Waals surface area contributed by atoms with Crippen molar-refractivity contribution in [1.29, 1.82) is 0 Å². The quantitative estimate of drug-likeness (QED) is 0.624. The third kappa shape index (κ3) is 8.31. The van der Waals surface area contributed by atoms with Gasteiger partial charge in [0, 0.05) is 6.04 Å². The Morgan fingerprint density at radius 2 is 1.67 bits per heavy atom. The summed E-state index contributed by atoms with van der Waals surface area (Å²) in [5.74, 6) is 0. The molecule has 3 heteroatoms.